The summed E-state index contributed by atoms with van der Waals surface area (Å²) in [7, 11) is 1.76. The summed E-state index contributed by atoms with van der Waals surface area (Å²) in [5.41, 5.74) is 0.647. The molecule has 2 aromatic carbocycles. The zero-order valence-corrected chi connectivity index (χ0v) is 18.2. The van der Waals surface area contributed by atoms with Crippen molar-refractivity contribution in [3.63, 3.8) is 0 Å². The van der Waals surface area contributed by atoms with Gasteiger partial charge in [0, 0.05) is 19.6 Å². The Labute approximate surface area is 187 Å². The van der Waals surface area contributed by atoms with E-state index in [-0.39, 0.29) is 28.2 Å². The third-order valence-corrected chi connectivity index (χ3v) is 6.54. The molecule has 32 heavy (non-hydrogen) atoms. The van der Waals surface area contributed by atoms with Crippen molar-refractivity contribution >= 4 is 28.5 Å². The lowest BCUT2D eigenvalue weighted by Gasteiger charge is -2.29. The van der Waals surface area contributed by atoms with Crippen LogP contribution in [0.15, 0.2) is 47.3 Å². The van der Waals surface area contributed by atoms with Gasteiger partial charge < -0.3 is 5.32 Å². The molecular weight excluding hydrogens is 443 g/mol. The standard InChI is InChI=1S/C23H23ClF3N3O2/c1-29-19-4-2-3-5-20(19)30(22(29)32)13-14-6-9-16(10-7-14)28-21(31)17-12-15(23(25,26)27)8-11-18(17)24/h2-5,8,11-12,14,16H,6-7,9-10,13H2,1H3,(H,28,31). The van der Waals surface area contributed by atoms with Crippen molar-refractivity contribution in [2.45, 2.75) is 44.4 Å². The molecule has 9 heteroatoms. The van der Waals surface area contributed by atoms with Crippen LogP contribution in [0.3, 0.4) is 0 Å². The maximum absolute atomic E-state index is 13.0. The molecule has 0 spiro atoms. The van der Waals surface area contributed by atoms with E-state index in [0.717, 1.165) is 42.1 Å². The fourth-order valence-electron chi connectivity index (χ4n) is 4.43. The Morgan fingerprint density at radius 3 is 2.41 bits per heavy atom. The number of aromatic nitrogens is 2. The number of carbonyl (C=O) groups is 1. The number of imidazole rings is 1. The minimum absolute atomic E-state index is 0.0143. The van der Waals surface area contributed by atoms with E-state index in [2.05, 4.69) is 5.32 Å². The highest BCUT2D eigenvalue weighted by molar-refractivity contribution is 6.33. The number of nitrogens with one attached hydrogen (secondary N) is 1. The molecule has 0 radical (unpaired) electrons. The Hall–Kier alpha value is -2.74. The number of nitrogens with zero attached hydrogens (tertiary/aromatic N) is 2. The van der Waals surface area contributed by atoms with Crippen molar-refractivity contribution in [2.75, 3.05) is 0 Å². The van der Waals surface area contributed by atoms with E-state index in [9.17, 15) is 22.8 Å². The number of alkyl halides is 3. The van der Waals surface area contributed by atoms with Gasteiger partial charge in [-0.3, -0.25) is 13.9 Å². The first kappa shape index (κ1) is 22.5. The van der Waals surface area contributed by atoms with Crippen molar-refractivity contribution in [3.8, 4) is 0 Å². The van der Waals surface area contributed by atoms with Crippen molar-refractivity contribution in [1.82, 2.24) is 14.5 Å². The smallest absolute Gasteiger partial charge is 0.349 e. The maximum Gasteiger partial charge on any atom is 0.416 e. The zero-order valence-electron chi connectivity index (χ0n) is 17.5. The first-order valence-electron chi connectivity index (χ1n) is 10.5. The molecule has 0 bridgehead atoms. The summed E-state index contributed by atoms with van der Waals surface area (Å²) in [4.78, 5) is 25.2. The van der Waals surface area contributed by atoms with Gasteiger partial charge in [-0.25, -0.2) is 4.79 Å². The Morgan fingerprint density at radius 2 is 1.75 bits per heavy atom. The van der Waals surface area contributed by atoms with E-state index >= 15 is 0 Å². The van der Waals surface area contributed by atoms with Crippen LogP contribution in [0.5, 0.6) is 0 Å². The Kier molecular flexibility index (Phi) is 6.07. The van der Waals surface area contributed by atoms with Gasteiger partial charge in [-0.2, -0.15) is 13.2 Å². The second-order valence-electron chi connectivity index (χ2n) is 8.32. The largest absolute Gasteiger partial charge is 0.416 e. The quantitative estimate of drug-likeness (QED) is 0.589. The molecule has 1 aliphatic carbocycles. The average Bonchev–Trinajstić information content (AvgIpc) is 2.99. The highest BCUT2D eigenvalue weighted by Gasteiger charge is 2.32. The van der Waals surface area contributed by atoms with E-state index in [1.54, 1.807) is 16.2 Å². The van der Waals surface area contributed by atoms with Crippen LogP contribution in [0.1, 0.15) is 41.6 Å². The molecule has 1 amide bonds. The number of rotatable bonds is 4. The van der Waals surface area contributed by atoms with Gasteiger partial charge in [-0.1, -0.05) is 23.7 Å². The molecule has 1 heterocycles. The normalized spacial score (nSPS) is 19.3. The molecule has 170 valence electrons. The van der Waals surface area contributed by atoms with Crippen LogP contribution in [-0.4, -0.2) is 21.1 Å². The van der Waals surface area contributed by atoms with Crippen molar-refractivity contribution in [3.05, 3.63) is 69.1 Å². The molecule has 5 nitrogen and oxygen atoms in total. The van der Waals surface area contributed by atoms with Crippen LogP contribution in [0.25, 0.3) is 11.0 Å². The molecule has 1 saturated carbocycles. The molecule has 0 atom stereocenters. The number of hydrogen-bond donors (Lipinski definition) is 1. The SMILES string of the molecule is Cn1c(=O)n(CC2CCC(NC(=O)c3cc(C(F)(F)F)ccc3Cl)CC2)c2ccccc21. The number of fused-ring (bicyclic) bond motifs is 1. The number of carbonyl (C=O) groups excluding carboxylic acids is 1. The minimum Gasteiger partial charge on any atom is -0.349 e. The van der Waals surface area contributed by atoms with Crippen molar-refractivity contribution in [1.29, 1.82) is 0 Å². The zero-order chi connectivity index (χ0) is 23.0. The van der Waals surface area contributed by atoms with E-state index in [1.807, 2.05) is 24.3 Å². The lowest BCUT2D eigenvalue weighted by Crippen LogP contribution is -2.38. The fourth-order valence-corrected chi connectivity index (χ4v) is 4.63. The van der Waals surface area contributed by atoms with E-state index in [1.165, 1.54) is 0 Å². The van der Waals surface area contributed by atoms with Gasteiger partial charge >= 0.3 is 11.9 Å². The van der Waals surface area contributed by atoms with Crippen molar-refractivity contribution < 1.29 is 18.0 Å². The van der Waals surface area contributed by atoms with Crippen molar-refractivity contribution in [2.24, 2.45) is 13.0 Å². The number of para-hydroxylation sites is 2. The number of benzene rings is 2. The number of amides is 1. The van der Waals surface area contributed by atoms with Gasteiger partial charge in [-0.15, -0.1) is 0 Å². The predicted octanol–water partition coefficient (Wildman–Crippen LogP) is 5.00. The summed E-state index contributed by atoms with van der Waals surface area (Å²) in [6.07, 6.45) is -1.57. The second-order valence-corrected chi connectivity index (χ2v) is 8.73. The third kappa shape index (κ3) is 4.41. The van der Waals surface area contributed by atoms with E-state index in [0.29, 0.717) is 19.4 Å². The van der Waals surface area contributed by atoms with E-state index in [4.69, 9.17) is 11.6 Å². The molecule has 3 aromatic rings. The molecule has 1 aliphatic rings. The molecule has 1 aromatic heterocycles. The van der Waals surface area contributed by atoms with Crippen LogP contribution < -0.4 is 11.0 Å². The summed E-state index contributed by atoms with van der Waals surface area (Å²) in [5, 5.41) is 2.81. The van der Waals surface area contributed by atoms with Crippen LogP contribution >= 0.6 is 11.6 Å². The van der Waals surface area contributed by atoms with Gasteiger partial charge in [0.25, 0.3) is 5.91 Å². The predicted molar refractivity (Wildman–Crippen MR) is 117 cm³/mol. The lowest BCUT2D eigenvalue weighted by atomic mass is 9.85. The number of hydrogen-bond acceptors (Lipinski definition) is 2. The van der Waals surface area contributed by atoms with Gasteiger partial charge in [0.15, 0.2) is 0 Å². The molecule has 0 aliphatic heterocycles. The lowest BCUT2D eigenvalue weighted by molar-refractivity contribution is -0.137. The van der Waals surface area contributed by atoms with Gasteiger partial charge in [-0.05, 0) is 61.9 Å². The molecule has 1 fully saturated rings. The summed E-state index contributed by atoms with van der Waals surface area (Å²) in [5.74, 6) is -0.321. The molecule has 1 N–H and O–H groups in total. The molecular formula is C23H23ClF3N3O2. The summed E-state index contributed by atoms with van der Waals surface area (Å²) >= 11 is 5.97. The molecule has 0 unspecified atom stereocenters. The van der Waals surface area contributed by atoms with Crippen LogP contribution in [0.4, 0.5) is 13.2 Å². The highest BCUT2D eigenvalue weighted by Crippen LogP contribution is 2.32. The summed E-state index contributed by atoms with van der Waals surface area (Å²) in [6.45, 7) is 0.598. The minimum atomic E-state index is -4.54. The molecule has 0 saturated heterocycles. The first-order chi connectivity index (χ1) is 15.1. The summed E-state index contributed by atoms with van der Waals surface area (Å²) < 4.78 is 42.3. The number of halogens is 4. The topological polar surface area (TPSA) is 56.0 Å². The van der Waals surface area contributed by atoms with Gasteiger partial charge in [0.2, 0.25) is 0 Å². The van der Waals surface area contributed by atoms with Gasteiger partial charge in [0.05, 0.1) is 27.2 Å². The monoisotopic (exact) mass is 465 g/mol. The summed E-state index contributed by atoms with van der Waals surface area (Å²) in [6, 6.07) is 10.3. The second kappa shape index (κ2) is 8.65. The Morgan fingerprint density at radius 1 is 1.09 bits per heavy atom. The van der Waals surface area contributed by atoms with Gasteiger partial charge in [0.1, 0.15) is 0 Å². The highest BCUT2D eigenvalue weighted by atomic mass is 35.5. The Bertz CT molecular complexity index is 1210. The maximum atomic E-state index is 13.0. The van der Waals surface area contributed by atoms with E-state index < -0.39 is 17.6 Å². The third-order valence-electron chi connectivity index (χ3n) is 6.21. The Balaban J connectivity index is 1.40. The van der Waals surface area contributed by atoms with Crippen LogP contribution in [0.2, 0.25) is 5.02 Å². The van der Waals surface area contributed by atoms with Crippen LogP contribution in [-0.2, 0) is 19.8 Å². The number of aryl methyl sites for hydroxylation is 1. The van der Waals surface area contributed by atoms with Crippen LogP contribution in [0, 0.1) is 5.92 Å². The first-order valence-corrected chi connectivity index (χ1v) is 10.8. The average molecular weight is 466 g/mol. The molecule has 4 rings (SSSR count). The fraction of sp³-hybridized carbons (Fsp3) is 0.391.